The zero-order valence-electron chi connectivity index (χ0n) is 13.2. The van der Waals surface area contributed by atoms with Gasteiger partial charge in [-0.05, 0) is 40.7 Å². The highest BCUT2D eigenvalue weighted by Crippen LogP contribution is 2.30. The summed E-state index contributed by atoms with van der Waals surface area (Å²) in [5.41, 5.74) is -1.98. The number of carbonyl (C=O) groups is 2. The van der Waals surface area contributed by atoms with Crippen molar-refractivity contribution in [2.45, 2.75) is 52.7 Å². The van der Waals surface area contributed by atoms with Crippen LogP contribution in [0, 0.1) is 5.41 Å². The van der Waals surface area contributed by atoms with E-state index in [9.17, 15) is 14.7 Å². The highest BCUT2D eigenvalue weighted by atomic mass is 16.4. The van der Waals surface area contributed by atoms with Crippen LogP contribution in [0.4, 0.5) is 4.79 Å². The monoisotopic (exact) mass is 296 g/mol. The van der Waals surface area contributed by atoms with E-state index in [0.717, 1.165) is 0 Å². The first-order chi connectivity index (χ1) is 9.56. The van der Waals surface area contributed by atoms with Crippen molar-refractivity contribution in [1.82, 2.24) is 20.4 Å². The van der Waals surface area contributed by atoms with Crippen LogP contribution in [0.2, 0.25) is 0 Å². The maximum atomic E-state index is 12.0. The van der Waals surface area contributed by atoms with E-state index >= 15 is 0 Å². The van der Waals surface area contributed by atoms with E-state index in [2.05, 4.69) is 15.7 Å². The Balaban J connectivity index is 2.58. The van der Waals surface area contributed by atoms with E-state index in [0.29, 0.717) is 6.54 Å². The van der Waals surface area contributed by atoms with E-state index < -0.39 is 23.0 Å². The number of hydrogen-bond donors (Lipinski definition) is 3. The molecule has 21 heavy (non-hydrogen) atoms. The molecule has 2 amide bonds. The molecule has 1 aromatic heterocycles. The van der Waals surface area contributed by atoms with E-state index in [-0.39, 0.29) is 6.04 Å². The predicted molar refractivity (Wildman–Crippen MR) is 78.9 cm³/mol. The van der Waals surface area contributed by atoms with Gasteiger partial charge in [0.1, 0.15) is 0 Å². The van der Waals surface area contributed by atoms with Gasteiger partial charge in [0.15, 0.2) is 0 Å². The molecule has 0 aliphatic rings. The number of hydrogen-bond acceptors (Lipinski definition) is 3. The van der Waals surface area contributed by atoms with Crippen molar-refractivity contribution in [1.29, 1.82) is 0 Å². The van der Waals surface area contributed by atoms with Gasteiger partial charge < -0.3 is 15.7 Å². The SMILES string of the molecule is CC(Cn1cccn1)NC(=O)NC(C)(C)C(C)(C)C(=O)O. The lowest BCUT2D eigenvalue weighted by molar-refractivity contribution is -0.150. The average molecular weight is 296 g/mol. The molecule has 1 unspecified atom stereocenters. The molecule has 0 aromatic carbocycles. The van der Waals surface area contributed by atoms with E-state index in [1.165, 1.54) is 0 Å². The van der Waals surface area contributed by atoms with Crippen molar-refractivity contribution < 1.29 is 14.7 Å². The molecule has 0 bridgehead atoms. The van der Waals surface area contributed by atoms with Crippen molar-refractivity contribution in [2.75, 3.05) is 0 Å². The summed E-state index contributed by atoms with van der Waals surface area (Å²) in [6.07, 6.45) is 3.48. The number of carbonyl (C=O) groups excluding carboxylic acids is 1. The van der Waals surface area contributed by atoms with Crippen LogP contribution >= 0.6 is 0 Å². The summed E-state index contributed by atoms with van der Waals surface area (Å²) >= 11 is 0. The Hall–Kier alpha value is -2.05. The fourth-order valence-electron chi connectivity index (χ4n) is 1.70. The normalized spacial score (nSPS) is 13.6. The third-order valence-corrected chi connectivity index (χ3v) is 3.92. The van der Waals surface area contributed by atoms with Gasteiger partial charge in [0.25, 0.3) is 0 Å². The van der Waals surface area contributed by atoms with Gasteiger partial charge in [-0.25, -0.2) is 4.79 Å². The number of aromatic nitrogens is 2. The zero-order valence-corrected chi connectivity index (χ0v) is 13.2. The van der Waals surface area contributed by atoms with Crippen LogP contribution in [-0.2, 0) is 11.3 Å². The highest BCUT2D eigenvalue weighted by molar-refractivity contribution is 5.79. The molecule has 1 heterocycles. The third kappa shape index (κ3) is 4.21. The largest absolute Gasteiger partial charge is 0.481 e. The van der Waals surface area contributed by atoms with E-state index in [1.807, 2.05) is 19.2 Å². The molecule has 1 rings (SSSR count). The lowest BCUT2D eigenvalue weighted by Crippen LogP contribution is -2.60. The van der Waals surface area contributed by atoms with Gasteiger partial charge >= 0.3 is 12.0 Å². The number of nitrogens with one attached hydrogen (secondary N) is 2. The summed E-state index contributed by atoms with van der Waals surface area (Å²) in [5.74, 6) is -0.961. The van der Waals surface area contributed by atoms with Crippen molar-refractivity contribution in [3.05, 3.63) is 18.5 Å². The molecule has 0 fully saturated rings. The summed E-state index contributed by atoms with van der Waals surface area (Å²) in [6, 6.07) is 1.29. The van der Waals surface area contributed by atoms with Gasteiger partial charge in [0, 0.05) is 18.4 Å². The molecule has 0 saturated carbocycles. The topological polar surface area (TPSA) is 96.3 Å². The lowest BCUT2D eigenvalue weighted by Gasteiger charge is -2.39. The Morgan fingerprint density at radius 1 is 1.33 bits per heavy atom. The van der Waals surface area contributed by atoms with Gasteiger partial charge in [-0.3, -0.25) is 9.48 Å². The second-order valence-corrected chi connectivity index (χ2v) is 6.28. The number of carboxylic acid groups (broad SMARTS) is 1. The number of aliphatic carboxylic acids is 1. The number of carboxylic acids is 1. The Kier molecular flexibility index (Phi) is 4.98. The van der Waals surface area contributed by atoms with Gasteiger partial charge in [-0.2, -0.15) is 5.10 Å². The Morgan fingerprint density at radius 3 is 2.43 bits per heavy atom. The molecule has 3 N–H and O–H groups in total. The standard InChI is InChI=1S/C14H24N4O3/c1-10(9-18-8-6-7-15-18)16-12(21)17-14(4,5)13(2,3)11(19)20/h6-8,10H,9H2,1-5H3,(H,19,20)(H2,16,17,21). The maximum absolute atomic E-state index is 12.0. The second-order valence-electron chi connectivity index (χ2n) is 6.28. The van der Waals surface area contributed by atoms with Crippen molar-refractivity contribution in [2.24, 2.45) is 5.41 Å². The first-order valence-corrected chi connectivity index (χ1v) is 6.86. The van der Waals surface area contributed by atoms with E-state index in [4.69, 9.17) is 0 Å². The molecule has 7 nitrogen and oxygen atoms in total. The number of rotatable bonds is 6. The van der Waals surface area contributed by atoms with Crippen molar-refractivity contribution >= 4 is 12.0 Å². The number of nitrogens with zero attached hydrogens (tertiary/aromatic N) is 2. The molecule has 1 aromatic rings. The molecule has 0 spiro atoms. The molecule has 0 radical (unpaired) electrons. The molecule has 1 atom stereocenters. The van der Waals surface area contributed by atoms with Crippen LogP contribution in [0.3, 0.4) is 0 Å². The molecule has 0 saturated heterocycles. The van der Waals surface area contributed by atoms with Crippen molar-refractivity contribution in [3.63, 3.8) is 0 Å². The molecule has 118 valence electrons. The minimum atomic E-state index is -1.09. The van der Waals surface area contributed by atoms with Gasteiger partial charge in [-0.15, -0.1) is 0 Å². The van der Waals surface area contributed by atoms with Gasteiger partial charge in [-0.1, -0.05) is 0 Å². The zero-order chi connectivity index (χ0) is 16.3. The fourth-order valence-corrected chi connectivity index (χ4v) is 1.70. The first kappa shape index (κ1) is 17.0. The van der Waals surface area contributed by atoms with Gasteiger partial charge in [0.05, 0.1) is 17.5 Å². The molecule has 7 heteroatoms. The second kappa shape index (κ2) is 6.15. The summed E-state index contributed by atoms with van der Waals surface area (Å²) in [5, 5.41) is 18.8. The lowest BCUT2D eigenvalue weighted by atomic mass is 9.74. The third-order valence-electron chi connectivity index (χ3n) is 3.92. The average Bonchev–Trinajstić information content (AvgIpc) is 2.79. The Bertz CT molecular complexity index is 494. The fraction of sp³-hybridized carbons (Fsp3) is 0.643. The summed E-state index contributed by atoms with van der Waals surface area (Å²) in [7, 11) is 0. The van der Waals surface area contributed by atoms with Crippen molar-refractivity contribution in [3.8, 4) is 0 Å². The molecule has 0 aliphatic heterocycles. The van der Waals surface area contributed by atoms with E-state index in [1.54, 1.807) is 38.6 Å². The smallest absolute Gasteiger partial charge is 0.315 e. The highest BCUT2D eigenvalue weighted by Gasteiger charge is 2.44. The summed E-state index contributed by atoms with van der Waals surface area (Å²) in [6.45, 7) is 8.96. The number of amides is 2. The Labute approximate surface area is 124 Å². The first-order valence-electron chi connectivity index (χ1n) is 6.86. The maximum Gasteiger partial charge on any atom is 0.315 e. The van der Waals surface area contributed by atoms with Crippen LogP contribution in [-0.4, -0.2) is 38.5 Å². The van der Waals surface area contributed by atoms with Gasteiger partial charge in [0.2, 0.25) is 0 Å². The van der Waals surface area contributed by atoms with Crippen LogP contribution in [0.25, 0.3) is 0 Å². The Morgan fingerprint density at radius 2 is 1.95 bits per heavy atom. The minimum Gasteiger partial charge on any atom is -0.481 e. The van der Waals surface area contributed by atoms with Crippen LogP contribution < -0.4 is 10.6 Å². The minimum absolute atomic E-state index is 0.131. The molecular formula is C14H24N4O3. The van der Waals surface area contributed by atoms with Crippen LogP contribution in [0.5, 0.6) is 0 Å². The van der Waals surface area contributed by atoms with Crippen LogP contribution in [0.15, 0.2) is 18.5 Å². The quantitative estimate of drug-likeness (QED) is 0.740. The molecular weight excluding hydrogens is 272 g/mol. The predicted octanol–water partition coefficient (Wildman–Crippen LogP) is 1.46. The molecule has 0 aliphatic carbocycles. The van der Waals surface area contributed by atoms with Crippen LogP contribution in [0.1, 0.15) is 34.6 Å². The number of urea groups is 1. The summed E-state index contributed by atoms with van der Waals surface area (Å²) < 4.78 is 1.72. The summed E-state index contributed by atoms with van der Waals surface area (Å²) in [4.78, 5) is 23.3.